The summed E-state index contributed by atoms with van der Waals surface area (Å²) in [6.45, 7) is 2.56. The van der Waals surface area contributed by atoms with Crippen LogP contribution in [-0.2, 0) is 16.1 Å². The topological polar surface area (TPSA) is 156 Å². The minimum absolute atomic E-state index is 0.210. The monoisotopic (exact) mass is 438 g/mol. The van der Waals surface area contributed by atoms with Crippen LogP contribution in [0, 0.1) is 5.41 Å². The molecule has 1 fully saturated rings. The number of benzene rings is 1. The van der Waals surface area contributed by atoms with E-state index in [4.69, 9.17) is 10.5 Å². The van der Waals surface area contributed by atoms with Gasteiger partial charge in [-0.1, -0.05) is 24.3 Å². The van der Waals surface area contributed by atoms with E-state index in [1.54, 1.807) is 43.6 Å². The van der Waals surface area contributed by atoms with Crippen LogP contribution in [0.3, 0.4) is 0 Å². The van der Waals surface area contributed by atoms with Crippen molar-refractivity contribution in [2.75, 3.05) is 6.54 Å². The molecule has 0 spiro atoms. The molecule has 0 bridgehead atoms. The Kier molecular flexibility index (Phi) is 7.50. The molecule has 2 aromatic rings. The molecule has 1 aromatic carbocycles. The highest BCUT2D eigenvalue weighted by Gasteiger charge is 2.31. The Morgan fingerprint density at radius 1 is 1.19 bits per heavy atom. The number of nitrogens with one attached hydrogen (secondary N) is 5. The molecular weight excluding hydrogens is 412 g/mol. The molecule has 10 heteroatoms. The normalized spacial score (nSPS) is 18.4. The second-order valence-corrected chi connectivity index (χ2v) is 7.62. The average Bonchev–Trinajstić information content (AvgIpc) is 3.28. The van der Waals surface area contributed by atoms with Gasteiger partial charge in [-0.25, -0.2) is 4.79 Å². The van der Waals surface area contributed by atoms with Crippen LogP contribution in [0.2, 0.25) is 0 Å². The molecule has 1 saturated heterocycles. The van der Waals surface area contributed by atoms with Gasteiger partial charge in [-0.15, -0.1) is 0 Å². The van der Waals surface area contributed by atoms with Crippen LogP contribution in [0.15, 0.2) is 48.8 Å². The summed E-state index contributed by atoms with van der Waals surface area (Å²) in [4.78, 5) is 39.6. The molecule has 0 radical (unpaired) electrons. The molecule has 1 aliphatic heterocycles. The molecule has 2 heterocycles. The van der Waals surface area contributed by atoms with Crippen molar-refractivity contribution in [2.24, 2.45) is 0 Å². The lowest BCUT2D eigenvalue weighted by atomic mass is 9.97. The van der Waals surface area contributed by atoms with Crippen LogP contribution in [0.5, 0.6) is 0 Å². The van der Waals surface area contributed by atoms with Gasteiger partial charge in [-0.2, -0.15) is 0 Å². The number of amidine groups is 1. The number of aromatic nitrogens is 1. The molecule has 1 aliphatic rings. The van der Waals surface area contributed by atoms with Crippen LogP contribution < -0.4 is 21.3 Å². The Morgan fingerprint density at radius 2 is 1.88 bits per heavy atom. The van der Waals surface area contributed by atoms with E-state index in [1.807, 2.05) is 17.4 Å². The first-order valence-electron chi connectivity index (χ1n) is 10.2. The minimum atomic E-state index is -1.30. The number of pyridine rings is 1. The zero-order chi connectivity index (χ0) is 23.1. The fourth-order valence-electron chi connectivity index (χ4n) is 3.52. The summed E-state index contributed by atoms with van der Waals surface area (Å²) in [5.74, 6) is -0.520. The third kappa shape index (κ3) is 6.11. The predicted molar refractivity (Wildman–Crippen MR) is 117 cm³/mol. The van der Waals surface area contributed by atoms with Crippen molar-refractivity contribution in [1.29, 1.82) is 5.41 Å². The van der Waals surface area contributed by atoms with E-state index in [0.29, 0.717) is 18.5 Å². The zero-order valence-electron chi connectivity index (χ0n) is 17.6. The first-order chi connectivity index (χ1) is 15.3. The van der Waals surface area contributed by atoms with Crippen LogP contribution in [0.25, 0.3) is 0 Å². The van der Waals surface area contributed by atoms with Gasteiger partial charge in [0.1, 0.15) is 11.9 Å². The molecule has 32 heavy (non-hydrogen) atoms. The van der Waals surface area contributed by atoms with Crippen molar-refractivity contribution >= 4 is 23.7 Å². The maximum atomic E-state index is 12.6. The Bertz CT molecular complexity index is 980. The first kappa shape index (κ1) is 22.9. The molecule has 1 aromatic heterocycles. The molecule has 6 N–H and O–H groups in total. The van der Waals surface area contributed by atoms with E-state index < -0.39 is 12.1 Å². The van der Waals surface area contributed by atoms with Gasteiger partial charge in [0.25, 0.3) is 0 Å². The predicted octanol–water partition coefficient (Wildman–Crippen LogP) is 0.941. The molecule has 3 atom stereocenters. The van der Waals surface area contributed by atoms with E-state index in [9.17, 15) is 14.4 Å². The second kappa shape index (κ2) is 10.5. The van der Waals surface area contributed by atoms with Gasteiger partial charge in [0.15, 0.2) is 0 Å². The quantitative estimate of drug-likeness (QED) is 0.279. The van der Waals surface area contributed by atoms with Gasteiger partial charge in [0, 0.05) is 31.0 Å². The smallest absolute Gasteiger partial charge is 0.410 e. The molecular formula is C22H26N6O4. The third-order valence-corrected chi connectivity index (χ3v) is 5.32. The number of rotatable bonds is 7. The summed E-state index contributed by atoms with van der Waals surface area (Å²) >= 11 is 0. The lowest BCUT2D eigenvalue weighted by molar-refractivity contribution is -0.129. The molecule has 1 unspecified atom stereocenters. The summed E-state index contributed by atoms with van der Waals surface area (Å²) in [6.07, 6.45) is 2.82. The minimum Gasteiger partial charge on any atom is -0.465 e. The highest BCUT2D eigenvalue weighted by Crippen LogP contribution is 2.25. The first-order valence-corrected chi connectivity index (χ1v) is 10.2. The van der Waals surface area contributed by atoms with Gasteiger partial charge < -0.3 is 21.1 Å². The third-order valence-electron chi connectivity index (χ3n) is 5.32. The Hall–Kier alpha value is -3.79. The van der Waals surface area contributed by atoms with Crippen molar-refractivity contribution in [3.8, 4) is 0 Å². The molecule has 3 rings (SSSR count). The summed E-state index contributed by atoms with van der Waals surface area (Å²) in [5, 5.41) is 27.0. The highest BCUT2D eigenvalue weighted by molar-refractivity contribution is 6.04. The van der Waals surface area contributed by atoms with Crippen LogP contribution in [0.4, 0.5) is 4.79 Å². The largest absolute Gasteiger partial charge is 0.465 e. The average molecular weight is 438 g/mol. The van der Waals surface area contributed by atoms with Crippen LogP contribution in [-0.4, -0.2) is 52.5 Å². The fraction of sp³-hybridized carbons (Fsp3) is 0.318. The van der Waals surface area contributed by atoms with Gasteiger partial charge in [-0.05, 0) is 42.5 Å². The van der Waals surface area contributed by atoms with Crippen molar-refractivity contribution in [2.45, 2.75) is 37.9 Å². The van der Waals surface area contributed by atoms with Crippen molar-refractivity contribution < 1.29 is 19.5 Å². The molecule has 0 aliphatic carbocycles. The summed E-state index contributed by atoms with van der Waals surface area (Å²) in [5.41, 5.74) is 2.33. The van der Waals surface area contributed by atoms with Crippen molar-refractivity contribution in [3.05, 3.63) is 65.5 Å². The number of amides is 3. The zero-order valence-corrected chi connectivity index (χ0v) is 17.6. The Labute approximate surface area is 185 Å². The molecule has 0 saturated carbocycles. The number of hydrogen-bond acceptors (Lipinski definition) is 6. The SMILES string of the molecule is C[C@H](NC(=O)C1C[C@@H](c2ccncc2)CN1)C(=O)NCc1ccc(C(=N)NC(=O)O)cc1. The van der Waals surface area contributed by atoms with Crippen LogP contribution >= 0.6 is 0 Å². The van der Waals surface area contributed by atoms with Crippen LogP contribution in [0.1, 0.15) is 36.0 Å². The van der Waals surface area contributed by atoms with Gasteiger partial charge >= 0.3 is 6.09 Å². The molecule has 10 nitrogen and oxygen atoms in total. The lowest BCUT2D eigenvalue weighted by Gasteiger charge is -2.17. The number of hydrogen-bond donors (Lipinski definition) is 6. The molecule has 3 amide bonds. The van der Waals surface area contributed by atoms with E-state index in [0.717, 1.165) is 11.1 Å². The summed E-state index contributed by atoms with van der Waals surface area (Å²) < 4.78 is 0. The van der Waals surface area contributed by atoms with Gasteiger partial charge in [0.05, 0.1) is 6.04 Å². The second-order valence-electron chi connectivity index (χ2n) is 7.62. The standard InChI is InChI=1S/C22H26N6O4/c1-13(27-21(30)18-10-17(12-25-18)15-6-8-24-9-7-15)20(29)26-11-14-2-4-16(5-3-14)19(23)28-22(31)32/h2-9,13,17-18,25H,10-12H2,1H3,(H2,23,28)(H,26,29)(H,27,30)(H,31,32)/t13-,17+,18?/m0/s1. The number of carbonyl (C=O) groups is 3. The Morgan fingerprint density at radius 3 is 2.53 bits per heavy atom. The maximum Gasteiger partial charge on any atom is 0.410 e. The van der Waals surface area contributed by atoms with Gasteiger partial charge in [-0.3, -0.25) is 25.3 Å². The van der Waals surface area contributed by atoms with E-state index in [2.05, 4.69) is 20.9 Å². The molecule has 168 valence electrons. The highest BCUT2D eigenvalue weighted by atomic mass is 16.4. The van der Waals surface area contributed by atoms with Gasteiger partial charge in [0.2, 0.25) is 11.8 Å². The number of carbonyl (C=O) groups excluding carboxylic acids is 2. The van der Waals surface area contributed by atoms with Crippen molar-refractivity contribution in [1.82, 2.24) is 26.3 Å². The fourth-order valence-corrected chi connectivity index (χ4v) is 3.52. The maximum absolute atomic E-state index is 12.6. The Balaban J connectivity index is 1.44. The van der Waals surface area contributed by atoms with E-state index in [1.165, 1.54) is 0 Å². The summed E-state index contributed by atoms with van der Waals surface area (Å²) in [7, 11) is 0. The summed E-state index contributed by atoms with van der Waals surface area (Å²) in [6, 6.07) is 9.41. The van der Waals surface area contributed by atoms with E-state index >= 15 is 0 Å². The lowest BCUT2D eigenvalue weighted by Crippen LogP contribution is -2.49. The van der Waals surface area contributed by atoms with Crippen molar-refractivity contribution in [3.63, 3.8) is 0 Å². The number of carboxylic acid groups (broad SMARTS) is 1. The van der Waals surface area contributed by atoms with E-state index in [-0.39, 0.29) is 36.2 Å². The number of nitrogens with zero attached hydrogens (tertiary/aromatic N) is 1.